The fraction of sp³-hybridized carbons (Fsp3) is 0.300. The number of hydrogen-bond acceptors (Lipinski definition) is 3. The number of aromatic amines is 1. The summed E-state index contributed by atoms with van der Waals surface area (Å²) in [5, 5.41) is 0.642. The van der Waals surface area contributed by atoms with E-state index in [-0.39, 0.29) is 5.56 Å². The van der Waals surface area contributed by atoms with E-state index in [1.54, 1.807) is 0 Å². The lowest BCUT2D eigenvalue weighted by Gasteiger charge is -2.18. The van der Waals surface area contributed by atoms with E-state index in [0.29, 0.717) is 11.9 Å². The van der Waals surface area contributed by atoms with Gasteiger partial charge < -0.3 is 14.8 Å². The number of fused-ring (bicyclic) bond motifs is 1. The summed E-state index contributed by atoms with van der Waals surface area (Å²) < 4.78 is 0. The van der Waals surface area contributed by atoms with Crippen LogP contribution in [0.25, 0.3) is 10.9 Å². The Bertz CT molecular complexity index is 899. The van der Waals surface area contributed by atoms with Gasteiger partial charge in [-0.2, -0.15) is 0 Å². The van der Waals surface area contributed by atoms with Gasteiger partial charge in [0.15, 0.2) is 5.82 Å². The first-order valence-electron chi connectivity index (χ1n) is 8.64. The van der Waals surface area contributed by atoms with Gasteiger partial charge in [0, 0.05) is 25.3 Å². The number of rotatable bonds is 6. The molecule has 3 rings (SSSR count). The Morgan fingerprint density at radius 3 is 2.44 bits per heavy atom. The summed E-state index contributed by atoms with van der Waals surface area (Å²) in [6, 6.07) is 16.1. The summed E-state index contributed by atoms with van der Waals surface area (Å²) in [6.07, 6.45) is 0. The van der Waals surface area contributed by atoms with Crippen molar-refractivity contribution in [2.24, 2.45) is 0 Å². The van der Waals surface area contributed by atoms with Crippen LogP contribution in [0.1, 0.15) is 18.3 Å². The van der Waals surface area contributed by atoms with Crippen LogP contribution in [0.5, 0.6) is 0 Å². The standard InChI is InChI=1S/C20H24N4O/c1-4-24(13-15-9-11-16(12-10-15)23(2)3)14-19-21-18-8-6-5-7-17(18)20(25)22-19/h5-12H,4,13-14H2,1-3H3,(H,21,22,25)/p+1. The van der Waals surface area contributed by atoms with E-state index in [1.807, 2.05) is 38.4 Å². The number of aromatic nitrogens is 2. The average molecular weight is 337 g/mol. The molecule has 2 N–H and O–H groups in total. The Balaban J connectivity index is 1.77. The van der Waals surface area contributed by atoms with Crippen LogP contribution in [0.3, 0.4) is 0 Å². The second-order valence-electron chi connectivity index (χ2n) is 6.55. The summed E-state index contributed by atoms with van der Waals surface area (Å²) >= 11 is 0. The smallest absolute Gasteiger partial charge is 0.258 e. The van der Waals surface area contributed by atoms with Gasteiger partial charge in [0.25, 0.3) is 5.56 Å². The van der Waals surface area contributed by atoms with Gasteiger partial charge in [-0.3, -0.25) is 4.79 Å². The molecule has 0 saturated heterocycles. The van der Waals surface area contributed by atoms with Gasteiger partial charge in [-0.05, 0) is 31.2 Å². The molecule has 0 radical (unpaired) electrons. The van der Waals surface area contributed by atoms with Gasteiger partial charge in [-0.15, -0.1) is 0 Å². The average Bonchev–Trinajstić information content (AvgIpc) is 2.61. The molecule has 3 aromatic rings. The summed E-state index contributed by atoms with van der Waals surface area (Å²) in [6.45, 7) is 4.72. The number of anilines is 1. The topological polar surface area (TPSA) is 53.4 Å². The molecule has 5 heteroatoms. The van der Waals surface area contributed by atoms with Crippen molar-refractivity contribution in [1.82, 2.24) is 9.97 Å². The number of nitrogens with zero attached hydrogens (tertiary/aromatic N) is 2. The monoisotopic (exact) mass is 337 g/mol. The van der Waals surface area contributed by atoms with Crippen LogP contribution in [0.4, 0.5) is 5.69 Å². The molecule has 1 unspecified atom stereocenters. The Kier molecular flexibility index (Phi) is 5.14. The van der Waals surface area contributed by atoms with Crippen LogP contribution in [0.2, 0.25) is 0 Å². The molecule has 0 amide bonds. The first-order valence-corrected chi connectivity index (χ1v) is 8.64. The van der Waals surface area contributed by atoms with E-state index in [0.717, 1.165) is 24.4 Å². The minimum Gasteiger partial charge on any atom is -0.378 e. The maximum atomic E-state index is 12.2. The van der Waals surface area contributed by atoms with E-state index < -0.39 is 0 Å². The summed E-state index contributed by atoms with van der Waals surface area (Å²) in [5.74, 6) is 0.741. The number of quaternary nitrogens is 1. The molecule has 1 atom stereocenters. The zero-order chi connectivity index (χ0) is 17.8. The quantitative estimate of drug-likeness (QED) is 0.718. The van der Waals surface area contributed by atoms with Crippen LogP contribution >= 0.6 is 0 Å². The Morgan fingerprint density at radius 1 is 1.04 bits per heavy atom. The number of hydrogen-bond donors (Lipinski definition) is 2. The lowest BCUT2D eigenvalue weighted by atomic mass is 10.2. The van der Waals surface area contributed by atoms with Crippen molar-refractivity contribution >= 4 is 16.6 Å². The molecule has 0 spiro atoms. The predicted octanol–water partition coefficient (Wildman–Crippen LogP) is 1.59. The minimum atomic E-state index is -0.0635. The van der Waals surface area contributed by atoms with Crippen LogP contribution in [-0.2, 0) is 13.1 Å². The highest BCUT2D eigenvalue weighted by Crippen LogP contribution is 2.11. The number of benzene rings is 2. The highest BCUT2D eigenvalue weighted by molar-refractivity contribution is 5.77. The van der Waals surface area contributed by atoms with Crippen molar-refractivity contribution in [3.63, 3.8) is 0 Å². The van der Waals surface area contributed by atoms with Crippen LogP contribution in [0.15, 0.2) is 53.3 Å². The molecule has 5 nitrogen and oxygen atoms in total. The maximum Gasteiger partial charge on any atom is 0.258 e. The lowest BCUT2D eigenvalue weighted by molar-refractivity contribution is -0.926. The zero-order valence-corrected chi connectivity index (χ0v) is 15.0. The van der Waals surface area contributed by atoms with Crippen LogP contribution < -0.4 is 15.4 Å². The Labute approximate surface area is 147 Å². The Hall–Kier alpha value is -2.66. The number of nitrogens with one attached hydrogen (secondary N) is 2. The van der Waals surface area contributed by atoms with Crippen molar-refractivity contribution in [3.8, 4) is 0 Å². The molecular formula is C20H25N4O+. The van der Waals surface area contributed by atoms with Crippen molar-refractivity contribution in [2.75, 3.05) is 25.5 Å². The predicted molar refractivity (Wildman–Crippen MR) is 102 cm³/mol. The van der Waals surface area contributed by atoms with Crippen molar-refractivity contribution in [2.45, 2.75) is 20.0 Å². The normalized spacial score (nSPS) is 12.3. The molecule has 0 aliphatic carbocycles. The lowest BCUT2D eigenvalue weighted by Crippen LogP contribution is -3.09. The molecular weight excluding hydrogens is 312 g/mol. The van der Waals surface area contributed by atoms with E-state index in [1.165, 1.54) is 16.2 Å². The maximum absolute atomic E-state index is 12.2. The number of para-hydroxylation sites is 1. The van der Waals surface area contributed by atoms with Gasteiger partial charge in [0.05, 0.1) is 17.4 Å². The molecule has 25 heavy (non-hydrogen) atoms. The molecule has 1 heterocycles. The molecule has 130 valence electrons. The summed E-state index contributed by atoms with van der Waals surface area (Å²) in [5.41, 5.74) is 3.17. The zero-order valence-electron chi connectivity index (χ0n) is 15.0. The largest absolute Gasteiger partial charge is 0.378 e. The first-order chi connectivity index (χ1) is 12.1. The highest BCUT2D eigenvalue weighted by Gasteiger charge is 2.12. The SMILES string of the molecule is CC[NH+](Cc1ccc(N(C)C)cc1)Cc1nc2ccccc2c(=O)[nH]1. The van der Waals surface area contributed by atoms with Gasteiger partial charge in [-0.25, -0.2) is 4.98 Å². The van der Waals surface area contributed by atoms with Crippen LogP contribution in [-0.4, -0.2) is 30.6 Å². The van der Waals surface area contributed by atoms with Crippen LogP contribution in [0, 0.1) is 0 Å². The molecule has 1 aromatic heterocycles. The summed E-state index contributed by atoms with van der Waals surface area (Å²) in [4.78, 5) is 23.2. The summed E-state index contributed by atoms with van der Waals surface area (Å²) in [7, 11) is 4.08. The highest BCUT2D eigenvalue weighted by atomic mass is 16.1. The third kappa shape index (κ3) is 4.06. The van der Waals surface area contributed by atoms with E-state index in [4.69, 9.17) is 0 Å². The molecule has 0 saturated carbocycles. The fourth-order valence-electron chi connectivity index (χ4n) is 2.97. The van der Waals surface area contributed by atoms with Crippen molar-refractivity contribution in [3.05, 3.63) is 70.3 Å². The second kappa shape index (κ2) is 7.49. The van der Waals surface area contributed by atoms with Crippen molar-refractivity contribution in [1.29, 1.82) is 0 Å². The third-order valence-corrected chi connectivity index (χ3v) is 4.49. The van der Waals surface area contributed by atoms with Gasteiger partial charge in [-0.1, -0.05) is 24.3 Å². The molecule has 0 aliphatic heterocycles. The van der Waals surface area contributed by atoms with Crippen molar-refractivity contribution < 1.29 is 4.90 Å². The van der Waals surface area contributed by atoms with Gasteiger partial charge in [0.1, 0.15) is 13.1 Å². The first kappa shape index (κ1) is 17.2. The minimum absolute atomic E-state index is 0.0635. The third-order valence-electron chi connectivity index (χ3n) is 4.49. The molecule has 0 aliphatic rings. The van der Waals surface area contributed by atoms with E-state index in [9.17, 15) is 4.79 Å². The van der Waals surface area contributed by atoms with Gasteiger partial charge >= 0.3 is 0 Å². The second-order valence-corrected chi connectivity index (χ2v) is 6.55. The molecule has 0 fully saturated rings. The molecule has 0 bridgehead atoms. The fourth-order valence-corrected chi connectivity index (χ4v) is 2.97. The van der Waals surface area contributed by atoms with Gasteiger partial charge in [0.2, 0.25) is 0 Å². The van der Waals surface area contributed by atoms with E-state index >= 15 is 0 Å². The van der Waals surface area contributed by atoms with E-state index in [2.05, 4.69) is 46.1 Å². The number of H-pyrrole nitrogens is 1. The Morgan fingerprint density at radius 2 is 1.76 bits per heavy atom. The molecule has 2 aromatic carbocycles.